The van der Waals surface area contributed by atoms with Crippen LogP contribution in [0.25, 0.3) is 0 Å². The van der Waals surface area contributed by atoms with Gasteiger partial charge in [-0.15, -0.1) is 0 Å². The van der Waals surface area contributed by atoms with Crippen LogP contribution in [0.1, 0.15) is 79.4 Å². The lowest BCUT2D eigenvalue weighted by atomic mass is 9.74. The van der Waals surface area contributed by atoms with Crippen LogP contribution in [0.3, 0.4) is 0 Å². The van der Waals surface area contributed by atoms with Gasteiger partial charge in [-0.1, -0.05) is 75.4 Å². The summed E-state index contributed by atoms with van der Waals surface area (Å²) in [4.78, 5) is 62.0. The van der Waals surface area contributed by atoms with Crippen molar-refractivity contribution in [2.75, 3.05) is 20.2 Å². The number of esters is 1. The van der Waals surface area contributed by atoms with Crippen molar-refractivity contribution in [2.24, 2.45) is 17.3 Å². The van der Waals surface area contributed by atoms with Gasteiger partial charge in [-0.3, -0.25) is 19.2 Å². The standard InChI is InChI=1S/C37H51N3O7/c1-23(21-41)40-31-33(44)39(36(6,7)22-35(3,4)5)20-14-10-13-17-27(42)38(8)24(2)30(25-15-11-9-12-16-25)46-34(45)28-26-18-19-37(31,47-26)29(28)32(40)43/h9-12,14-16,18-19,23-24,26,28-31,41H,13,17,20-22H2,1-8H3/b14-10-/t23-,24+,26-,28+,29+,30-,31-,37+/m1/s1. The van der Waals surface area contributed by atoms with Crippen LogP contribution in [0.15, 0.2) is 54.6 Å². The molecule has 256 valence electrons. The van der Waals surface area contributed by atoms with Gasteiger partial charge >= 0.3 is 5.97 Å². The van der Waals surface area contributed by atoms with Crippen LogP contribution in [0.5, 0.6) is 0 Å². The lowest BCUT2D eigenvalue weighted by Gasteiger charge is -2.46. The third kappa shape index (κ3) is 6.26. The molecule has 0 aliphatic carbocycles. The molecule has 1 N–H and O–H groups in total. The zero-order chi connectivity index (χ0) is 34.5. The van der Waals surface area contributed by atoms with Gasteiger partial charge in [0.15, 0.2) is 0 Å². The predicted octanol–water partition coefficient (Wildman–Crippen LogP) is 4.04. The fraction of sp³-hybridized carbons (Fsp3) is 0.622. The molecule has 4 heterocycles. The SMILES string of the molecule is C[C@H](CO)N1C(=O)[C@@H]2[C@H]3C(=O)O[C@@H](c4ccccc4)[C@H](C)N(C)C(=O)CC/C=C\CN(C(C)(C)CC(C)(C)C)C(=O)[C@@H]1[C@]21C=C[C@H]3O1. The van der Waals surface area contributed by atoms with E-state index < -0.39 is 65.2 Å². The van der Waals surface area contributed by atoms with Crippen LogP contribution in [-0.2, 0) is 28.7 Å². The van der Waals surface area contributed by atoms with Crippen molar-refractivity contribution in [2.45, 2.75) is 109 Å². The summed E-state index contributed by atoms with van der Waals surface area (Å²) in [5.74, 6) is -3.47. The number of amides is 3. The molecule has 4 aliphatic heterocycles. The highest BCUT2D eigenvalue weighted by Gasteiger charge is 2.74. The van der Waals surface area contributed by atoms with Gasteiger partial charge in [-0.25, -0.2) is 0 Å². The molecular weight excluding hydrogens is 598 g/mol. The molecule has 0 unspecified atom stereocenters. The molecule has 1 aromatic rings. The quantitative estimate of drug-likeness (QED) is 0.378. The van der Waals surface area contributed by atoms with Crippen LogP contribution >= 0.6 is 0 Å². The van der Waals surface area contributed by atoms with Crippen molar-refractivity contribution >= 4 is 23.7 Å². The van der Waals surface area contributed by atoms with Crippen molar-refractivity contribution < 1.29 is 33.8 Å². The highest BCUT2D eigenvalue weighted by atomic mass is 16.6. The number of carbonyl (C=O) groups excluding carboxylic acids is 4. The van der Waals surface area contributed by atoms with Crippen LogP contribution in [0.2, 0.25) is 0 Å². The number of rotatable bonds is 5. The molecule has 0 aromatic heterocycles. The van der Waals surface area contributed by atoms with Gasteiger partial charge in [0.1, 0.15) is 23.7 Å². The number of allylic oxidation sites excluding steroid dienone is 1. The molecule has 2 saturated heterocycles. The first-order valence-electron chi connectivity index (χ1n) is 16.8. The Bertz CT molecular complexity index is 1430. The Morgan fingerprint density at radius 2 is 1.70 bits per heavy atom. The molecular formula is C37H51N3O7. The van der Waals surface area contributed by atoms with Crippen molar-refractivity contribution in [1.29, 1.82) is 0 Å². The van der Waals surface area contributed by atoms with E-state index in [0.717, 1.165) is 5.56 Å². The lowest BCUT2D eigenvalue weighted by Crippen LogP contribution is -2.62. The largest absolute Gasteiger partial charge is 0.455 e. The molecule has 0 radical (unpaired) electrons. The van der Waals surface area contributed by atoms with E-state index in [1.807, 2.05) is 63.3 Å². The molecule has 2 fully saturated rings. The molecule has 5 bridgehead atoms. The topological polar surface area (TPSA) is 117 Å². The second-order valence-corrected chi connectivity index (χ2v) is 15.5. The molecule has 3 amide bonds. The number of hydrogen-bond donors (Lipinski definition) is 1. The summed E-state index contributed by atoms with van der Waals surface area (Å²) in [7, 11) is 1.71. The zero-order valence-corrected chi connectivity index (χ0v) is 29.0. The second kappa shape index (κ2) is 12.8. The van der Waals surface area contributed by atoms with Gasteiger partial charge in [0.05, 0.1) is 30.7 Å². The van der Waals surface area contributed by atoms with E-state index in [1.165, 1.54) is 4.90 Å². The maximum absolute atomic E-state index is 15.0. The molecule has 1 aromatic carbocycles. The maximum atomic E-state index is 15.0. The van der Waals surface area contributed by atoms with Crippen LogP contribution in [0.4, 0.5) is 0 Å². The van der Waals surface area contributed by atoms with Gasteiger partial charge in [-0.05, 0) is 51.5 Å². The summed E-state index contributed by atoms with van der Waals surface area (Å²) < 4.78 is 12.8. The normalized spacial score (nSPS) is 33.3. The van der Waals surface area contributed by atoms with Crippen molar-refractivity contribution in [3.05, 3.63) is 60.2 Å². The highest BCUT2D eigenvalue weighted by molar-refractivity contribution is 5.99. The number of nitrogens with zero attached hydrogens (tertiary/aromatic N) is 3. The van der Waals surface area contributed by atoms with E-state index in [2.05, 4.69) is 20.8 Å². The number of cyclic esters (lactones) is 1. The molecule has 8 atom stereocenters. The lowest BCUT2D eigenvalue weighted by molar-refractivity contribution is -0.164. The smallest absolute Gasteiger partial charge is 0.313 e. The monoisotopic (exact) mass is 649 g/mol. The Balaban J connectivity index is 1.64. The third-order valence-corrected chi connectivity index (χ3v) is 10.3. The Hall–Kier alpha value is -3.50. The van der Waals surface area contributed by atoms with Crippen molar-refractivity contribution in [1.82, 2.24) is 14.7 Å². The number of carbonyl (C=O) groups is 4. The van der Waals surface area contributed by atoms with Crippen LogP contribution < -0.4 is 0 Å². The first-order chi connectivity index (χ1) is 22.0. The summed E-state index contributed by atoms with van der Waals surface area (Å²) in [6, 6.07) is 6.96. The van der Waals surface area contributed by atoms with Crippen LogP contribution in [-0.4, -0.2) is 99.1 Å². The number of likely N-dealkylation sites (N-methyl/N-ethyl adjacent to an activating group) is 1. The number of likely N-dealkylation sites (tertiary alicyclic amines) is 1. The second-order valence-electron chi connectivity index (χ2n) is 15.5. The fourth-order valence-corrected chi connectivity index (χ4v) is 8.30. The molecule has 0 saturated carbocycles. The van der Waals surface area contributed by atoms with E-state index in [-0.39, 0.29) is 36.8 Å². The minimum atomic E-state index is -1.40. The van der Waals surface area contributed by atoms with Gasteiger partial charge in [-0.2, -0.15) is 0 Å². The minimum Gasteiger partial charge on any atom is -0.455 e. The van der Waals surface area contributed by atoms with Crippen LogP contribution in [0, 0.1) is 17.3 Å². The molecule has 47 heavy (non-hydrogen) atoms. The maximum Gasteiger partial charge on any atom is 0.313 e. The summed E-state index contributed by atoms with van der Waals surface area (Å²) in [5, 5.41) is 10.3. The summed E-state index contributed by atoms with van der Waals surface area (Å²) in [6.45, 7) is 13.8. The van der Waals surface area contributed by atoms with E-state index in [9.17, 15) is 19.5 Å². The van der Waals surface area contributed by atoms with Gasteiger partial charge in [0.25, 0.3) is 0 Å². The Kier molecular flexibility index (Phi) is 9.51. The zero-order valence-electron chi connectivity index (χ0n) is 29.0. The van der Waals surface area contributed by atoms with Crippen molar-refractivity contribution in [3.8, 4) is 0 Å². The number of fused-ring (bicyclic) bond motifs is 2. The number of aliphatic hydroxyl groups excluding tert-OH is 1. The fourth-order valence-electron chi connectivity index (χ4n) is 8.30. The number of benzene rings is 1. The Morgan fingerprint density at radius 1 is 1.02 bits per heavy atom. The Morgan fingerprint density at radius 3 is 2.34 bits per heavy atom. The third-order valence-electron chi connectivity index (χ3n) is 10.3. The number of ether oxygens (including phenoxy) is 2. The van der Waals surface area contributed by atoms with E-state index >= 15 is 4.79 Å². The minimum absolute atomic E-state index is 0.0996. The van der Waals surface area contributed by atoms with Gasteiger partial charge < -0.3 is 29.3 Å². The molecule has 4 aliphatic rings. The first kappa shape index (κ1) is 34.8. The molecule has 10 heteroatoms. The summed E-state index contributed by atoms with van der Waals surface area (Å²) >= 11 is 0. The average molecular weight is 650 g/mol. The highest BCUT2D eigenvalue weighted by Crippen LogP contribution is 2.56. The number of aliphatic hydroxyl groups is 1. The molecule has 10 nitrogen and oxygen atoms in total. The Labute approximate surface area is 278 Å². The number of hydrogen-bond acceptors (Lipinski definition) is 7. The van der Waals surface area contributed by atoms with E-state index in [0.29, 0.717) is 12.8 Å². The van der Waals surface area contributed by atoms with E-state index in [4.69, 9.17) is 9.47 Å². The predicted molar refractivity (Wildman–Crippen MR) is 177 cm³/mol. The molecule has 5 rings (SSSR count). The van der Waals surface area contributed by atoms with E-state index in [1.54, 1.807) is 35.9 Å². The van der Waals surface area contributed by atoms with Gasteiger partial charge in [0.2, 0.25) is 17.7 Å². The molecule has 1 spiro atoms. The van der Waals surface area contributed by atoms with Crippen molar-refractivity contribution in [3.63, 3.8) is 0 Å². The van der Waals surface area contributed by atoms with Gasteiger partial charge in [0, 0.05) is 25.6 Å². The summed E-state index contributed by atoms with van der Waals surface area (Å²) in [5.41, 5.74) is -1.44. The summed E-state index contributed by atoms with van der Waals surface area (Å²) in [6.07, 6.45) is 7.17. The average Bonchev–Trinajstić information content (AvgIpc) is 3.66. The first-order valence-corrected chi connectivity index (χ1v) is 16.8.